The predicted molar refractivity (Wildman–Crippen MR) is 77.9 cm³/mol. The summed E-state index contributed by atoms with van der Waals surface area (Å²) in [7, 11) is -4.19. The highest BCUT2D eigenvalue weighted by molar-refractivity contribution is 7.85. The molecule has 21 heavy (non-hydrogen) atoms. The van der Waals surface area contributed by atoms with E-state index in [-0.39, 0.29) is 10.8 Å². The first kappa shape index (κ1) is 13.8. The number of hydroxylamine groups is 1. The molecular formula is C15H13NO4S. The van der Waals surface area contributed by atoms with E-state index in [0.29, 0.717) is 5.69 Å². The number of allylic oxidation sites excluding steroid dienone is 1. The Kier molecular flexibility index (Phi) is 3.29. The van der Waals surface area contributed by atoms with Crippen LogP contribution in [-0.4, -0.2) is 18.2 Å². The van der Waals surface area contributed by atoms with Crippen molar-refractivity contribution >= 4 is 15.8 Å². The van der Waals surface area contributed by atoms with Gasteiger partial charge in [-0.05, 0) is 29.3 Å². The van der Waals surface area contributed by atoms with Gasteiger partial charge in [0.05, 0.1) is 10.6 Å². The van der Waals surface area contributed by atoms with Crippen LogP contribution in [0.2, 0.25) is 0 Å². The highest BCUT2D eigenvalue weighted by atomic mass is 32.2. The van der Waals surface area contributed by atoms with Crippen LogP contribution in [0.15, 0.2) is 65.7 Å². The summed E-state index contributed by atoms with van der Waals surface area (Å²) in [6.07, 6.45) is 3.38. The summed E-state index contributed by atoms with van der Waals surface area (Å²) in [6.45, 7) is 0. The largest absolute Gasteiger partial charge is 0.294 e. The zero-order valence-corrected chi connectivity index (χ0v) is 11.7. The second kappa shape index (κ2) is 5.00. The molecule has 3 rings (SSSR count). The normalized spacial score (nSPS) is 17.6. The van der Waals surface area contributed by atoms with Crippen LogP contribution in [-0.2, 0) is 10.1 Å². The molecular weight excluding hydrogens is 290 g/mol. The fraction of sp³-hybridized carbons (Fsp3) is 0.0667. The van der Waals surface area contributed by atoms with Crippen molar-refractivity contribution in [3.05, 3.63) is 71.9 Å². The SMILES string of the molecule is O=S(=O)(O)c1ccc(C2C=CN(O)c3ccccc32)cc1. The van der Waals surface area contributed by atoms with Crippen molar-refractivity contribution in [2.24, 2.45) is 0 Å². The smallest absolute Gasteiger partial charge is 0.284 e. The first-order valence-electron chi connectivity index (χ1n) is 6.29. The lowest BCUT2D eigenvalue weighted by Crippen LogP contribution is -2.17. The summed E-state index contributed by atoms with van der Waals surface area (Å²) in [5, 5.41) is 10.9. The number of nitrogens with zero attached hydrogens (tertiary/aromatic N) is 1. The maximum atomic E-state index is 11.1. The second-order valence-corrected chi connectivity index (χ2v) is 6.19. The lowest BCUT2D eigenvalue weighted by molar-refractivity contribution is 0.292. The van der Waals surface area contributed by atoms with Gasteiger partial charge in [0, 0.05) is 12.1 Å². The fourth-order valence-corrected chi connectivity index (χ4v) is 2.93. The van der Waals surface area contributed by atoms with E-state index >= 15 is 0 Å². The van der Waals surface area contributed by atoms with Crippen LogP contribution in [0.25, 0.3) is 0 Å². The Balaban J connectivity index is 2.03. The van der Waals surface area contributed by atoms with E-state index in [1.54, 1.807) is 24.4 Å². The average Bonchev–Trinajstić information content (AvgIpc) is 2.47. The zero-order chi connectivity index (χ0) is 15.0. The van der Waals surface area contributed by atoms with Crippen LogP contribution in [0.4, 0.5) is 5.69 Å². The van der Waals surface area contributed by atoms with Gasteiger partial charge in [-0.1, -0.05) is 36.4 Å². The van der Waals surface area contributed by atoms with Crippen LogP contribution in [0.3, 0.4) is 0 Å². The lowest BCUT2D eigenvalue weighted by Gasteiger charge is -2.26. The molecule has 1 atom stereocenters. The van der Waals surface area contributed by atoms with Gasteiger partial charge in [0.15, 0.2) is 0 Å². The summed E-state index contributed by atoms with van der Waals surface area (Å²) in [5.41, 5.74) is 2.48. The van der Waals surface area contributed by atoms with Gasteiger partial charge in [0.1, 0.15) is 0 Å². The molecule has 0 fully saturated rings. The van der Waals surface area contributed by atoms with Crippen LogP contribution < -0.4 is 5.06 Å². The molecule has 2 N–H and O–H groups in total. The van der Waals surface area contributed by atoms with E-state index < -0.39 is 10.1 Å². The summed E-state index contributed by atoms with van der Waals surface area (Å²) < 4.78 is 31.1. The summed E-state index contributed by atoms with van der Waals surface area (Å²) in [4.78, 5) is -0.136. The summed E-state index contributed by atoms with van der Waals surface area (Å²) in [5.74, 6) is -0.0833. The van der Waals surface area contributed by atoms with E-state index in [1.165, 1.54) is 12.1 Å². The molecule has 0 aromatic heterocycles. The van der Waals surface area contributed by atoms with Crippen LogP contribution in [0.1, 0.15) is 17.0 Å². The van der Waals surface area contributed by atoms with Gasteiger partial charge >= 0.3 is 0 Å². The number of rotatable bonds is 2. The third kappa shape index (κ3) is 2.56. The van der Waals surface area contributed by atoms with Crippen molar-refractivity contribution in [1.29, 1.82) is 0 Å². The Labute approximate surface area is 122 Å². The Hall–Kier alpha value is -2.15. The molecule has 0 saturated heterocycles. The molecule has 0 radical (unpaired) electrons. The summed E-state index contributed by atoms with van der Waals surface area (Å²) in [6, 6.07) is 13.5. The molecule has 1 aliphatic heterocycles. The molecule has 0 saturated carbocycles. The number of hydrogen-bond donors (Lipinski definition) is 2. The molecule has 2 aromatic carbocycles. The summed E-state index contributed by atoms with van der Waals surface area (Å²) >= 11 is 0. The average molecular weight is 303 g/mol. The molecule has 0 bridgehead atoms. The quantitative estimate of drug-likeness (QED) is 0.834. The van der Waals surface area contributed by atoms with E-state index in [1.807, 2.05) is 24.3 Å². The standard InChI is InChI=1S/C15H13NO4S/c17-16-10-9-13(14-3-1-2-4-15(14)16)11-5-7-12(8-6-11)21(18,19)20/h1-10,13,17H,(H,18,19,20). The molecule has 1 heterocycles. The number of anilines is 1. The monoisotopic (exact) mass is 303 g/mol. The Morgan fingerprint density at radius 1 is 1.00 bits per heavy atom. The molecule has 108 valence electrons. The number of benzene rings is 2. The molecule has 6 heteroatoms. The van der Waals surface area contributed by atoms with Gasteiger partial charge in [-0.3, -0.25) is 9.76 Å². The van der Waals surface area contributed by atoms with Crippen molar-refractivity contribution in [2.75, 3.05) is 5.06 Å². The van der Waals surface area contributed by atoms with Crippen molar-refractivity contribution in [1.82, 2.24) is 0 Å². The van der Waals surface area contributed by atoms with Crippen LogP contribution in [0, 0.1) is 0 Å². The molecule has 5 nitrogen and oxygen atoms in total. The van der Waals surface area contributed by atoms with E-state index in [9.17, 15) is 13.6 Å². The van der Waals surface area contributed by atoms with Gasteiger partial charge in [0.2, 0.25) is 0 Å². The first-order chi connectivity index (χ1) is 9.97. The first-order valence-corrected chi connectivity index (χ1v) is 7.73. The van der Waals surface area contributed by atoms with Crippen molar-refractivity contribution in [3.8, 4) is 0 Å². The van der Waals surface area contributed by atoms with E-state index in [0.717, 1.165) is 16.2 Å². The number of fused-ring (bicyclic) bond motifs is 1. The third-order valence-corrected chi connectivity index (χ3v) is 4.34. The maximum Gasteiger partial charge on any atom is 0.294 e. The minimum Gasteiger partial charge on any atom is -0.284 e. The molecule has 1 aliphatic rings. The number of hydrogen-bond acceptors (Lipinski definition) is 4. The molecule has 1 unspecified atom stereocenters. The Morgan fingerprint density at radius 3 is 2.33 bits per heavy atom. The molecule has 2 aromatic rings. The van der Waals surface area contributed by atoms with Crippen molar-refractivity contribution in [2.45, 2.75) is 10.8 Å². The zero-order valence-electron chi connectivity index (χ0n) is 10.9. The highest BCUT2D eigenvalue weighted by Gasteiger charge is 2.21. The fourth-order valence-electron chi connectivity index (χ4n) is 2.45. The third-order valence-electron chi connectivity index (χ3n) is 3.48. The minimum atomic E-state index is -4.19. The van der Waals surface area contributed by atoms with Gasteiger partial charge in [-0.2, -0.15) is 8.42 Å². The maximum absolute atomic E-state index is 11.1. The lowest BCUT2D eigenvalue weighted by atomic mass is 9.88. The minimum absolute atomic E-state index is 0.0833. The van der Waals surface area contributed by atoms with Crippen molar-refractivity contribution in [3.63, 3.8) is 0 Å². The molecule has 0 amide bonds. The van der Waals surface area contributed by atoms with Crippen molar-refractivity contribution < 1.29 is 18.2 Å². The highest BCUT2D eigenvalue weighted by Crippen LogP contribution is 2.36. The van der Waals surface area contributed by atoms with Gasteiger partial charge < -0.3 is 0 Å². The second-order valence-electron chi connectivity index (χ2n) is 4.77. The Morgan fingerprint density at radius 2 is 1.67 bits per heavy atom. The Bertz CT molecular complexity index is 797. The predicted octanol–water partition coefficient (Wildman–Crippen LogP) is 2.79. The molecule has 0 spiro atoms. The molecule has 0 aliphatic carbocycles. The number of para-hydroxylation sites is 1. The van der Waals surface area contributed by atoms with Gasteiger partial charge in [-0.25, -0.2) is 5.06 Å². The van der Waals surface area contributed by atoms with Crippen LogP contribution in [0.5, 0.6) is 0 Å². The van der Waals surface area contributed by atoms with Gasteiger partial charge in [0.25, 0.3) is 10.1 Å². The van der Waals surface area contributed by atoms with E-state index in [2.05, 4.69) is 0 Å². The van der Waals surface area contributed by atoms with Crippen LogP contribution >= 0.6 is 0 Å². The topological polar surface area (TPSA) is 77.8 Å². The van der Waals surface area contributed by atoms with Gasteiger partial charge in [-0.15, -0.1) is 0 Å². The van der Waals surface area contributed by atoms with E-state index in [4.69, 9.17) is 4.55 Å².